The first-order chi connectivity index (χ1) is 9.95. The van der Waals surface area contributed by atoms with Gasteiger partial charge in [-0.1, -0.05) is 0 Å². The van der Waals surface area contributed by atoms with Crippen LogP contribution >= 0.6 is 0 Å². The van der Waals surface area contributed by atoms with E-state index < -0.39 is 34.7 Å². The van der Waals surface area contributed by atoms with Crippen molar-refractivity contribution >= 4 is 5.91 Å². The van der Waals surface area contributed by atoms with Crippen molar-refractivity contribution < 1.29 is 23.1 Å². The van der Waals surface area contributed by atoms with Gasteiger partial charge >= 0.3 is 0 Å². The predicted octanol–water partition coefficient (Wildman–Crippen LogP) is 1.09. The standard InChI is InChI=1S/C13H12F3N3O2/c14-9-7-8(10(15)12(20)11(9)16)13(21)19-5-3-18(2-1-17)4-6-19/h7,20H,2-6H2. The lowest BCUT2D eigenvalue weighted by atomic mass is 10.1. The average molecular weight is 299 g/mol. The largest absolute Gasteiger partial charge is 0.503 e. The molecule has 1 N–H and O–H groups in total. The second kappa shape index (κ2) is 6.01. The maximum Gasteiger partial charge on any atom is 0.257 e. The molecule has 8 heteroatoms. The molecule has 0 aromatic heterocycles. The smallest absolute Gasteiger partial charge is 0.257 e. The average Bonchev–Trinajstić information content (AvgIpc) is 2.49. The zero-order valence-corrected chi connectivity index (χ0v) is 10.9. The number of carbonyl (C=O) groups is 1. The highest BCUT2D eigenvalue weighted by atomic mass is 19.2. The van der Waals surface area contributed by atoms with Gasteiger partial charge in [0.1, 0.15) is 0 Å². The maximum absolute atomic E-state index is 13.7. The Hall–Kier alpha value is -2.27. The van der Waals surface area contributed by atoms with Crippen LogP contribution in [0.4, 0.5) is 13.2 Å². The van der Waals surface area contributed by atoms with Crippen LogP contribution in [0.5, 0.6) is 5.75 Å². The number of nitriles is 1. The predicted molar refractivity (Wildman–Crippen MR) is 65.9 cm³/mol. The molecule has 1 fully saturated rings. The summed E-state index contributed by atoms with van der Waals surface area (Å²) in [6.45, 7) is 1.55. The molecular formula is C13H12F3N3O2. The van der Waals surface area contributed by atoms with Gasteiger partial charge in [0, 0.05) is 26.2 Å². The highest BCUT2D eigenvalue weighted by Crippen LogP contribution is 2.26. The SMILES string of the molecule is N#CCN1CCN(C(=O)c2cc(F)c(F)c(O)c2F)CC1. The number of hydrogen-bond acceptors (Lipinski definition) is 4. The van der Waals surface area contributed by atoms with E-state index in [1.54, 1.807) is 0 Å². The molecule has 1 amide bonds. The number of rotatable bonds is 2. The van der Waals surface area contributed by atoms with Gasteiger partial charge in [-0.15, -0.1) is 0 Å². The van der Waals surface area contributed by atoms with E-state index in [1.165, 1.54) is 4.90 Å². The van der Waals surface area contributed by atoms with Gasteiger partial charge in [0.15, 0.2) is 17.4 Å². The summed E-state index contributed by atoms with van der Waals surface area (Å²) in [6.07, 6.45) is 0. The Balaban J connectivity index is 2.17. The highest BCUT2D eigenvalue weighted by molar-refractivity contribution is 5.95. The minimum atomic E-state index is -1.72. The van der Waals surface area contributed by atoms with E-state index in [0.717, 1.165) is 0 Å². The van der Waals surface area contributed by atoms with E-state index in [1.807, 2.05) is 11.0 Å². The molecule has 0 saturated carbocycles. The third-order valence-corrected chi connectivity index (χ3v) is 3.32. The second-order valence-electron chi connectivity index (χ2n) is 4.61. The first-order valence-corrected chi connectivity index (χ1v) is 6.20. The van der Waals surface area contributed by atoms with Crippen LogP contribution in [0, 0.1) is 28.8 Å². The topological polar surface area (TPSA) is 67.6 Å². The minimum absolute atomic E-state index is 0.225. The molecule has 0 unspecified atom stereocenters. The number of phenols is 1. The molecule has 0 spiro atoms. The quantitative estimate of drug-likeness (QED) is 0.656. The van der Waals surface area contributed by atoms with E-state index >= 15 is 0 Å². The summed E-state index contributed by atoms with van der Waals surface area (Å²) < 4.78 is 39.9. The van der Waals surface area contributed by atoms with Crippen molar-refractivity contribution in [3.63, 3.8) is 0 Å². The third kappa shape index (κ3) is 2.92. The Kier molecular flexibility index (Phi) is 4.33. The second-order valence-corrected chi connectivity index (χ2v) is 4.61. The van der Waals surface area contributed by atoms with Gasteiger partial charge in [0.2, 0.25) is 5.82 Å². The van der Waals surface area contributed by atoms with Crippen molar-refractivity contribution in [3.05, 3.63) is 29.1 Å². The summed E-state index contributed by atoms with van der Waals surface area (Å²) in [5.74, 6) is -7.00. The molecular weight excluding hydrogens is 287 g/mol. The number of nitrogens with zero attached hydrogens (tertiary/aromatic N) is 3. The van der Waals surface area contributed by atoms with Crippen LogP contribution < -0.4 is 0 Å². The van der Waals surface area contributed by atoms with E-state index in [0.29, 0.717) is 19.2 Å². The summed E-state index contributed by atoms with van der Waals surface area (Å²) in [5, 5.41) is 17.7. The molecule has 0 atom stereocenters. The number of piperazine rings is 1. The zero-order valence-electron chi connectivity index (χ0n) is 10.9. The zero-order chi connectivity index (χ0) is 15.6. The number of halogens is 3. The van der Waals surface area contributed by atoms with Crippen molar-refractivity contribution in [2.24, 2.45) is 0 Å². The van der Waals surface area contributed by atoms with E-state index in [2.05, 4.69) is 0 Å². The molecule has 1 saturated heterocycles. The molecule has 0 radical (unpaired) electrons. The number of hydrogen-bond donors (Lipinski definition) is 1. The highest BCUT2D eigenvalue weighted by Gasteiger charge is 2.28. The van der Waals surface area contributed by atoms with E-state index in [9.17, 15) is 18.0 Å². The molecule has 112 valence electrons. The molecule has 5 nitrogen and oxygen atoms in total. The van der Waals surface area contributed by atoms with Crippen LogP contribution in [-0.4, -0.2) is 53.5 Å². The molecule has 1 heterocycles. The van der Waals surface area contributed by atoms with Gasteiger partial charge in [-0.2, -0.15) is 9.65 Å². The normalized spacial score (nSPS) is 15.8. The summed E-state index contributed by atoms with van der Waals surface area (Å²) in [5.41, 5.74) is -0.708. The number of benzene rings is 1. The molecule has 1 aromatic rings. The Morgan fingerprint density at radius 3 is 2.43 bits per heavy atom. The lowest BCUT2D eigenvalue weighted by Crippen LogP contribution is -2.48. The number of aromatic hydroxyl groups is 1. The number of carbonyl (C=O) groups excluding carboxylic acids is 1. The maximum atomic E-state index is 13.7. The Bertz CT molecular complexity index is 608. The van der Waals surface area contributed by atoms with Crippen LogP contribution in [0.25, 0.3) is 0 Å². The van der Waals surface area contributed by atoms with Gasteiger partial charge in [0.25, 0.3) is 5.91 Å². The molecule has 2 rings (SSSR count). The molecule has 21 heavy (non-hydrogen) atoms. The minimum Gasteiger partial charge on any atom is -0.503 e. The van der Waals surface area contributed by atoms with E-state index in [4.69, 9.17) is 10.4 Å². The van der Waals surface area contributed by atoms with Gasteiger partial charge in [-0.05, 0) is 6.07 Å². The molecule has 1 aliphatic heterocycles. The van der Waals surface area contributed by atoms with Crippen molar-refractivity contribution in [1.82, 2.24) is 9.80 Å². The summed E-state index contributed by atoms with van der Waals surface area (Å²) in [7, 11) is 0. The summed E-state index contributed by atoms with van der Waals surface area (Å²) in [4.78, 5) is 15.2. The Morgan fingerprint density at radius 2 is 1.86 bits per heavy atom. The third-order valence-electron chi connectivity index (χ3n) is 3.32. The number of phenolic OH excluding ortho intramolecular Hbond substituents is 1. The lowest BCUT2D eigenvalue weighted by molar-refractivity contribution is 0.0645. The van der Waals surface area contributed by atoms with Crippen molar-refractivity contribution in [1.29, 1.82) is 5.26 Å². The molecule has 0 bridgehead atoms. The Labute approximate surface area is 118 Å². The van der Waals surface area contributed by atoms with Crippen molar-refractivity contribution in [3.8, 4) is 11.8 Å². The van der Waals surface area contributed by atoms with Crippen LogP contribution in [0.2, 0.25) is 0 Å². The fourth-order valence-electron chi connectivity index (χ4n) is 2.13. The molecule has 1 aromatic carbocycles. The van der Waals surface area contributed by atoms with E-state index in [-0.39, 0.29) is 19.6 Å². The first kappa shape index (κ1) is 15.1. The monoisotopic (exact) mass is 299 g/mol. The van der Waals surface area contributed by atoms with Gasteiger partial charge in [0.05, 0.1) is 18.2 Å². The molecule has 0 aliphatic carbocycles. The Morgan fingerprint density at radius 1 is 1.24 bits per heavy atom. The van der Waals surface area contributed by atoms with Crippen LogP contribution in [0.3, 0.4) is 0 Å². The van der Waals surface area contributed by atoms with Crippen LogP contribution in [0.15, 0.2) is 6.07 Å². The summed E-state index contributed by atoms with van der Waals surface area (Å²) >= 11 is 0. The fourth-order valence-corrected chi connectivity index (χ4v) is 2.13. The number of amides is 1. The van der Waals surface area contributed by atoms with Crippen molar-refractivity contribution in [2.45, 2.75) is 0 Å². The van der Waals surface area contributed by atoms with Crippen LogP contribution in [-0.2, 0) is 0 Å². The van der Waals surface area contributed by atoms with Crippen LogP contribution in [0.1, 0.15) is 10.4 Å². The lowest BCUT2D eigenvalue weighted by Gasteiger charge is -2.33. The van der Waals surface area contributed by atoms with Gasteiger partial charge < -0.3 is 10.0 Å². The van der Waals surface area contributed by atoms with Gasteiger partial charge in [-0.25, -0.2) is 8.78 Å². The van der Waals surface area contributed by atoms with Crippen molar-refractivity contribution in [2.75, 3.05) is 32.7 Å². The molecule has 1 aliphatic rings. The van der Waals surface area contributed by atoms with Gasteiger partial charge in [-0.3, -0.25) is 9.69 Å². The summed E-state index contributed by atoms with van der Waals surface area (Å²) in [6, 6.07) is 2.42. The first-order valence-electron chi connectivity index (χ1n) is 6.20. The fraction of sp³-hybridized carbons (Fsp3) is 0.385.